The van der Waals surface area contributed by atoms with Crippen molar-refractivity contribution in [2.75, 3.05) is 26.7 Å². The summed E-state index contributed by atoms with van der Waals surface area (Å²) in [6, 6.07) is 14.8. The molecule has 152 valence electrons. The van der Waals surface area contributed by atoms with Crippen LogP contribution in [0.5, 0.6) is 0 Å². The summed E-state index contributed by atoms with van der Waals surface area (Å²) in [5, 5.41) is 7.27. The quantitative estimate of drug-likeness (QED) is 0.302. The molecule has 1 heterocycles. The number of amides is 2. The molecule has 0 saturated carbocycles. The molecule has 0 aromatic heterocycles. The fraction of sp³-hybridized carbons (Fsp3) is 0.318. The van der Waals surface area contributed by atoms with Crippen LogP contribution in [0.25, 0.3) is 0 Å². The van der Waals surface area contributed by atoms with Crippen molar-refractivity contribution in [3.8, 4) is 0 Å². The molecule has 0 fully saturated rings. The van der Waals surface area contributed by atoms with E-state index >= 15 is 0 Å². The lowest BCUT2D eigenvalue weighted by Crippen LogP contribution is -2.39. The first kappa shape index (κ1) is 20.9. The zero-order valence-electron chi connectivity index (χ0n) is 16.5. The fourth-order valence-corrected chi connectivity index (χ4v) is 3.37. The van der Waals surface area contributed by atoms with Crippen LogP contribution >= 0.6 is 11.6 Å². The lowest BCUT2D eigenvalue weighted by atomic mass is 10.1. The fourth-order valence-electron chi connectivity index (χ4n) is 3.24. The van der Waals surface area contributed by atoms with Crippen molar-refractivity contribution in [3.05, 3.63) is 70.2 Å². The molecule has 0 aliphatic carbocycles. The van der Waals surface area contributed by atoms with E-state index in [1.165, 1.54) is 10.5 Å². The topological polar surface area (TPSA) is 73.8 Å². The van der Waals surface area contributed by atoms with Gasteiger partial charge in [0, 0.05) is 31.7 Å². The summed E-state index contributed by atoms with van der Waals surface area (Å²) in [5.41, 5.74) is 2.21. The Morgan fingerprint density at radius 1 is 0.931 bits per heavy atom. The largest absolute Gasteiger partial charge is 0.356 e. The maximum absolute atomic E-state index is 12.3. The number of benzene rings is 2. The highest BCUT2D eigenvalue weighted by molar-refractivity contribution is 6.30. The van der Waals surface area contributed by atoms with E-state index in [0.717, 1.165) is 36.8 Å². The normalized spacial score (nSPS) is 13.6. The third-order valence-electron chi connectivity index (χ3n) is 4.82. The molecule has 0 saturated heterocycles. The lowest BCUT2D eigenvalue weighted by Gasteiger charge is -2.15. The molecule has 1 aliphatic heterocycles. The highest BCUT2D eigenvalue weighted by Crippen LogP contribution is 2.22. The minimum Gasteiger partial charge on any atom is -0.356 e. The monoisotopic (exact) mass is 412 g/mol. The molecule has 2 aromatic rings. The molecule has 29 heavy (non-hydrogen) atoms. The Morgan fingerprint density at radius 2 is 1.55 bits per heavy atom. The molecular weight excluding hydrogens is 388 g/mol. The highest BCUT2D eigenvalue weighted by Gasteiger charge is 2.34. The molecule has 3 rings (SSSR count). The first-order valence-corrected chi connectivity index (χ1v) is 10.1. The third kappa shape index (κ3) is 5.35. The molecule has 0 radical (unpaired) electrons. The number of nitrogens with one attached hydrogen (secondary N) is 2. The van der Waals surface area contributed by atoms with Crippen LogP contribution in [0.1, 0.15) is 39.1 Å². The van der Waals surface area contributed by atoms with E-state index in [2.05, 4.69) is 15.6 Å². The van der Waals surface area contributed by atoms with Crippen molar-refractivity contribution in [2.24, 2.45) is 4.99 Å². The number of carbonyl (C=O) groups is 2. The van der Waals surface area contributed by atoms with Crippen molar-refractivity contribution in [2.45, 2.75) is 19.3 Å². The van der Waals surface area contributed by atoms with Gasteiger partial charge in [0.05, 0.1) is 11.1 Å². The smallest absolute Gasteiger partial charge is 0.261 e. The Hall–Kier alpha value is -2.86. The van der Waals surface area contributed by atoms with Gasteiger partial charge in [-0.3, -0.25) is 19.5 Å². The van der Waals surface area contributed by atoms with Gasteiger partial charge in [0.15, 0.2) is 5.96 Å². The maximum Gasteiger partial charge on any atom is 0.261 e. The number of hydrogen-bond donors (Lipinski definition) is 2. The number of unbranched alkanes of at least 4 members (excludes halogenated alkanes) is 1. The van der Waals surface area contributed by atoms with Crippen LogP contribution in [0.4, 0.5) is 0 Å². The summed E-state index contributed by atoms with van der Waals surface area (Å²) < 4.78 is 0. The van der Waals surface area contributed by atoms with Crippen molar-refractivity contribution in [3.63, 3.8) is 0 Å². The Bertz CT molecular complexity index is 861. The summed E-state index contributed by atoms with van der Waals surface area (Å²) in [6.45, 7) is 1.90. The Kier molecular flexibility index (Phi) is 7.25. The van der Waals surface area contributed by atoms with Crippen molar-refractivity contribution >= 4 is 29.4 Å². The predicted molar refractivity (Wildman–Crippen MR) is 116 cm³/mol. The number of carbonyl (C=O) groups excluding carboxylic acids is 2. The van der Waals surface area contributed by atoms with Crippen LogP contribution in [0, 0.1) is 0 Å². The van der Waals surface area contributed by atoms with Gasteiger partial charge in [-0.25, -0.2) is 0 Å². The summed E-state index contributed by atoms with van der Waals surface area (Å²) in [7, 11) is 1.73. The second-order valence-electron chi connectivity index (χ2n) is 6.82. The van der Waals surface area contributed by atoms with Crippen LogP contribution in [0.15, 0.2) is 53.5 Å². The third-order valence-corrected chi connectivity index (χ3v) is 5.07. The molecule has 2 amide bonds. The summed E-state index contributed by atoms with van der Waals surface area (Å²) in [4.78, 5) is 30.2. The van der Waals surface area contributed by atoms with Crippen LogP contribution in [-0.4, -0.2) is 49.4 Å². The number of fused-ring (bicyclic) bond motifs is 1. The second kappa shape index (κ2) is 10.1. The van der Waals surface area contributed by atoms with Gasteiger partial charge < -0.3 is 10.6 Å². The lowest BCUT2D eigenvalue weighted by molar-refractivity contribution is 0.0652. The van der Waals surface area contributed by atoms with Crippen molar-refractivity contribution in [1.82, 2.24) is 15.5 Å². The molecule has 0 unspecified atom stereocenters. The molecule has 0 bridgehead atoms. The Labute approximate surface area is 176 Å². The van der Waals surface area contributed by atoms with Gasteiger partial charge in [-0.1, -0.05) is 35.9 Å². The minimum atomic E-state index is -0.196. The number of rotatable bonds is 8. The minimum absolute atomic E-state index is 0.196. The average Bonchev–Trinajstić information content (AvgIpc) is 2.98. The number of hydrogen-bond acceptors (Lipinski definition) is 3. The molecular formula is C22H25ClN4O2. The van der Waals surface area contributed by atoms with Crippen LogP contribution < -0.4 is 10.6 Å². The maximum atomic E-state index is 12.3. The average molecular weight is 413 g/mol. The van der Waals surface area contributed by atoms with E-state index in [4.69, 9.17) is 11.6 Å². The molecule has 0 atom stereocenters. The molecule has 2 aromatic carbocycles. The van der Waals surface area contributed by atoms with E-state index in [0.29, 0.717) is 24.2 Å². The van der Waals surface area contributed by atoms with Gasteiger partial charge >= 0.3 is 0 Å². The number of nitrogens with zero attached hydrogens (tertiary/aromatic N) is 2. The van der Waals surface area contributed by atoms with Gasteiger partial charge in [-0.2, -0.15) is 0 Å². The molecule has 7 heteroatoms. The van der Waals surface area contributed by atoms with Gasteiger partial charge in [-0.05, 0) is 49.1 Å². The summed E-state index contributed by atoms with van der Waals surface area (Å²) in [5.74, 6) is 0.344. The number of halogens is 1. The van der Waals surface area contributed by atoms with Gasteiger partial charge in [0.1, 0.15) is 0 Å². The van der Waals surface area contributed by atoms with E-state index in [1.807, 2.05) is 24.3 Å². The van der Waals surface area contributed by atoms with E-state index in [-0.39, 0.29) is 11.8 Å². The molecule has 6 nitrogen and oxygen atoms in total. The molecule has 2 N–H and O–H groups in total. The first-order chi connectivity index (χ1) is 14.1. The van der Waals surface area contributed by atoms with E-state index in [1.54, 1.807) is 31.3 Å². The first-order valence-electron chi connectivity index (χ1n) is 9.74. The van der Waals surface area contributed by atoms with Crippen molar-refractivity contribution < 1.29 is 9.59 Å². The second-order valence-corrected chi connectivity index (χ2v) is 7.25. The van der Waals surface area contributed by atoms with Crippen molar-refractivity contribution in [1.29, 1.82) is 0 Å². The highest BCUT2D eigenvalue weighted by atomic mass is 35.5. The summed E-state index contributed by atoms with van der Waals surface area (Å²) in [6.07, 6.45) is 2.43. The zero-order chi connectivity index (χ0) is 20.6. The van der Waals surface area contributed by atoms with Crippen LogP contribution in [-0.2, 0) is 6.42 Å². The summed E-state index contributed by atoms with van der Waals surface area (Å²) >= 11 is 5.90. The van der Waals surface area contributed by atoms with Crippen LogP contribution in [0.2, 0.25) is 5.02 Å². The standard InChI is InChI=1S/C22H25ClN4O2/c1-24-22(26-14-12-16-8-10-17(23)11-9-16)25-13-4-5-15-27-20(28)18-6-2-3-7-19(18)21(27)29/h2-3,6-11H,4-5,12-15H2,1H3,(H2,24,25,26). The zero-order valence-corrected chi connectivity index (χ0v) is 17.2. The predicted octanol–water partition coefficient (Wildman–Crippen LogP) is 3.12. The Morgan fingerprint density at radius 3 is 2.17 bits per heavy atom. The van der Waals surface area contributed by atoms with E-state index in [9.17, 15) is 9.59 Å². The van der Waals surface area contributed by atoms with E-state index < -0.39 is 0 Å². The number of guanidine groups is 1. The SMILES string of the molecule is CN=C(NCCCCN1C(=O)c2ccccc2C1=O)NCCc1ccc(Cl)cc1. The number of imide groups is 1. The number of aliphatic imine (C=N–C) groups is 1. The van der Waals surface area contributed by atoms with Gasteiger partial charge in [-0.15, -0.1) is 0 Å². The van der Waals surface area contributed by atoms with Gasteiger partial charge in [0.25, 0.3) is 11.8 Å². The molecule has 0 spiro atoms. The van der Waals surface area contributed by atoms with Gasteiger partial charge in [0.2, 0.25) is 0 Å². The van der Waals surface area contributed by atoms with Crippen LogP contribution in [0.3, 0.4) is 0 Å². The molecule has 1 aliphatic rings. The Balaban J connectivity index is 1.34.